The van der Waals surface area contributed by atoms with Gasteiger partial charge in [0.1, 0.15) is 5.69 Å². The van der Waals surface area contributed by atoms with Crippen LogP contribution in [0.15, 0.2) is 22.8 Å². The molecule has 0 aliphatic heterocycles. The molecule has 0 radical (unpaired) electrons. The van der Waals surface area contributed by atoms with Crippen molar-refractivity contribution in [3.63, 3.8) is 0 Å². The Morgan fingerprint density at radius 1 is 1.32 bits per heavy atom. The molecule has 2 rings (SSSR count). The van der Waals surface area contributed by atoms with Gasteiger partial charge in [-0.3, -0.25) is 9.59 Å². The summed E-state index contributed by atoms with van der Waals surface area (Å²) >= 11 is 1.41. The highest BCUT2D eigenvalue weighted by Crippen LogP contribution is 2.27. The zero-order valence-corrected chi connectivity index (χ0v) is 13.6. The molecular weight excluding hydrogens is 302 g/mol. The van der Waals surface area contributed by atoms with Crippen LogP contribution in [0.4, 0.5) is 0 Å². The van der Waals surface area contributed by atoms with Crippen LogP contribution >= 0.6 is 11.3 Å². The number of hydrogen-bond donors (Lipinski definition) is 2. The van der Waals surface area contributed by atoms with Crippen LogP contribution in [-0.4, -0.2) is 29.9 Å². The summed E-state index contributed by atoms with van der Waals surface area (Å²) in [5, 5.41) is 6.18. The first-order valence-electron chi connectivity index (χ1n) is 7.06. The fraction of sp³-hybridized carbons (Fsp3) is 0.400. The largest absolute Gasteiger partial charge is 0.462 e. The van der Waals surface area contributed by atoms with Crippen LogP contribution in [0.5, 0.6) is 0 Å². The molecule has 0 saturated carbocycles. The van der Waals surface area contributed by atoms with Gasteiger partial charge in [0.25, 0.3) is 5.91 Å². The summed E-state index contributed by atoms with van der Waals surface area (Å²) in [6.07, 6.45) is 1.57. The summed E-state index contributed by atoms with van der Waals surface area (Å²) in [7, 11) is 0. The van der Waals surface area contributed by atoms with Crippen molar-refractivity contribution in [2.45, 2.75) is 20.8 Å². The van der Waals surface area contributed by atoms with Gasteiger partial charge in [0.05, 0.1) is 6.26 Å². The number of carbonyl (C=O) groups excluding carboxylic acids is 2. The molecule has 118 valence electrons. The van der Waals surface area contributed by atoms with Gasteiger partial charge >= 0.3 is 0 Å². The van der Waals surface area contributed by atoms with Gasteiger partial charge in [-0.15, -0.1) is 11.3 Å². The molecule has 2 aromatic heterocycles. The Hall–Kier alpha value is -2.15. The number of aryl methyl sites for hydroxylation is 1. The van der Waals surface area contributed by atoms with E-state index >= 15 is 0 Å². The van der Waals surface area contributed by atoms with Gasteiger partial charge in [-0.1, -0.05) is 13.8 Å². The number of aromatic nitrogens is 1. The molecule has 0 fully saturated rings. The molecule has 22 heavy (non-hydrogen) atoms. The maximum atomic E-state index is 12.1. The van der Waals surface area contributed by atoms with Crippen molar-refractivity contribution in [2.75, 3.05) is 13.1 Å². The van der Waals surface area contributed by atoms with Gasteiger partial charge in [0, 0.05) is 23.9 Å². The van der Waals surface area contributed by atoms with Crippen LogP contribution in [-0.2, 0) is 4.79 Å². The van der Waals surface area contributed by atoms with Gasteiger partial charge in [-0.2, -0.15) is 0 Å². The normalized spacial score (nSPS) is 10.7. The maximum Gasteiger partial charge on any atom is 0.271 e. The topological polar surface area (TPSA) is 84.2 Å². The predicted molar refractivity (Wildman–Crippen MR) is 84.7 cm³/mol. The summed E-state index contributed by atoms with van der Waals surface area (Å²) in [6.45, 7) is 6.26. The summed E-state index contributed by atoms with van der Waals surface area (Å²) in [5.74, 6) is 0.313. The Bertz CT molecular complexity index is 647. The third-order valence-electron chi connectivity index (χ3n) is 2.98. The molecule has 0 bridgehead atoms. The Morgan fingerprint density at radius 3 is 2.68 bits per heavy atom. The van der Waals surface area contributed by atoms with Crippen LogP contribution in [0, 0.1) is 12.8 Å². The summed E-state index contributed by atoms with van der Waals surface area (Å²) in [5.41, 5.74) is 0.395. The van der Waals surface area contributed by atoms with Gasteiger partial charge in [-0.05, 0) is 19.1 Å². The SMILES string of the molecule is Cc1sc(-c2ccco2)nc1C(=O)NCCNC(=O)C(C)C. The van der Waals surface area contributed by atoms with E-state index in [4.69, 9.17) is 4.42 Å². The molecule has 0 saturated heterocycles. The van der Waals surface area contributed by atoms with Crippen molar-refractivity contribution in [3.8, 4) is 10.8 Å². The average molecular weight is 321 g/mol. The van der Waals surface area contributed by atoms with Gasteiger partial charge < -0.3 is 15.1 Å². The monoisotopic (exact) mass is 321 g/mol. The maximum absolute atomic E-state index is 12.1. The van der Waals surface area contributed by atoms with E-state index in [9.17, 15) is 9.59 Å². The first kappa shape index (κ1) is 16.2. The molecule has 2 amide bonds. The molecule has 0 atom stereocenters. The van der Waals surface area contributed by atoms with Crippen molar-refractivity contribution in [3.05, 3.63) is 29.0 Å². The van der Waals surface area contributed by atoms with E-state index in [1.54, 1.807) is 18.4 Å². The molecule has 2 N–H and O–H groups in total. The second-order valence-electron chi connectivity index (χ2n) is 5.10. The summed E-state index contributed by atoms with van der Waals surface area (Å²) in [4.78, 5) is 28.7. The predicted octanol–water partition coefficient (Wildman–Crippen LogP) is 2.21. The van der Waals surface area contributed by atoms with Crippen LogP contribution in [0.2, 0.25) is 0 Å². The minimum absolute atomic E-state index is 0.0285. The minimum atomic E-state index is -0.245. The second-order valence-corrected chi connectivity index (χ2v) is 6.31. The quantitative estimate of drug-likeness (QED) is 0.799. The number of furan rings is 1. The summed E-state index contributed by atoms with van der Waals surface area (Å²) < 4.78 is 5.28. The van der Waals surface area contributed by atoms with Crippen molar-refractivity contribution in [2.24, 2.45) is 5.92 Å². The number of nitrogens with zero attached hydrogens (tertiary/aromatic N) is 1. The van der Waals surface area contributed by atoms with Crippen LogP contribution in [0.3, 0.4) is 0 Å². The number of nitrogens with one attached hydrogen (secondary N) is 2. The Balaban J connectivity index is 1.89. The minimum Gasteiger partial charge on any atom is -0.462 e. The van der Waals surface area contributed by atoms with E-state index in [-0.39, 0.29) is 17.7 Å². The van der Waals surface area contributed by atoms with E-state index < -0.39 is 0 Å². The average Bonchev–Trinajstić information content (AvgIpc) is 3.11. The fourth-order valence-corrected chi connectivity index (χ4v) is 2.64. The van der Waals surface area contributed by atoms with Gasteiger partial charge in [-0.25, -0.2) is 4.98 Å². The smallest absolute Gasteiger partial charge is 0.271 e. The van der Waals surface area contributed by atoms with Gasteiger partial charge in [0.15, 0.2) is 10.8 Å². The first-order valence-corrected chi connectivity index (χ1v) is 7.88. The number of amides is 2. The van der Waals surface area contributed by atoms with Crippen molar-refractivity contribution in [1.29, 1.82) is 0 Å². The van der Waals surface area contributed by atoms with Crippen molar-refractivity contribution < 1.29 is 14.0 Å². The highest BCUT2D eigenvalue weighted by molar-refractivity contribution is 7.15. The molecule has 6 nitrogen and oxygen atoms in total. The van der Waals surface area contributed by atoms with Crippen molar-refractivity contribution >= 4 is 23.2 Å². The molecular formula is C15H19N3O3S. The second kappa shape index (κ2) is 7.22. The first-order chi connectivity index (χ1) is 10.5. The van der Waals surface area contributed by atoms with Crippen LogP contribution in [0.25, 0.3) is 10.8 Å². The third kappa shape index (κ3) is 3.94. The number of hydrogen-bond acceptors (Lipinski definition) is 5. The van der Waals surface area contributed by atoms with E-state index in [0.717, 1.165) is 4.88 Å². The fourth-order valence-electron chi connectivity index (χ4n) is 1.76. The van der Waals surface area contributed by atoms with Crippen LogP contribution in [0.1, 0.15) is 29.2 Å². The molecule has 2 heterocycles. The molecule has 0 aromatic carbocycles. The zero-order valence-electron chi connectivity index (χ0n) is 12.8. The summed E-state index contributed by atoms with van der Waals surface area (Å²) in [6, 6.07) is 3.59. The lowest BCUT2D eigenvalue weighted by molar-refractivity contribution is -0.123. The number of thiazole rings is 1. The molecule has 0 unspecified atom stereocenters. The Kier molecular flexibility index (Phi) is 5.32. The molecule has 0 spiro atoms. The standard InChI is InChI=1S/C15H19N3O3S/c1-9(2)13(19)16-6-7-17-14(20)12-10(3)22-15(18-12)11-5-4-8-21-11/h4-5,8-9H,6-7H2,1-3H3,(H,16,19)(H,17,20). The lowest BCUT2D eigenvalue weighted by atomic mass is 10.2. The van der Waals surface area contributed by atoms with E-state index in [0.29, 0.717) is 29.6 Å². The van der Waals surface area contributed by atoms with Crippen molar-refractivity contribution in [1.82, 2.24) is 15.6 Å². The van der Waals surface area contributed by atoms with E-state index in [1.807, 2.05) is 20.8 Å². The molecule has 2 aromatic rings. The zero-order chi connectivity index (χ0) is 16.1. The Labute approximate surface area is 132 Å². The molecule has 0 aliphatic carbocycles. The van der Waals surface area contributed by atoms with Crippen LogP contribution < -0.4 is 10.6 Å². The Morgan fingerprint density at radius 2 is 2.05 bits per heavy atom. The third-order valence-corrected chi connectivity index (χ3v) is 3.96. The molecule has 0 aliphatic rings. The highest BCUT2D eigenvalue weighted by atomic mass is 32.1. The highest BCUT2D eigenvalue weighted by Gasteiger charge is 2.17. The molecule has 7 heteroatoms. The lowest BCUT2D eigenvalue weighted by Crippen LogP contribution is -2.36. The number of rotatable bonds is 6. The number of carbonyl (C=O) groups is 2. The van der Waals surface area contributed by atoms with E-state index in [1.165, 1.54) is 11.3 Å². The van der Waals surface area contributed by atoms with E-state index in [2.05, 4.69) is 15.6 Å². The lowest BCUT2D eigenvalue weighted by Gasteiger charge is -2.08. The van der Waals surface area contributed by atoms with Gasteiger partial charge in [0.2, 0.25) is 5.91 Å².